The van der Waals surface area contributed by atoms with E-state index in [2.05, 4.69) is 28.1 Å². The van der Waals surface area contributed by atoms with Crippen molar-refractivity contribution in [1.29, 1.82) is 0 Å². The molecule has 0 aromatic heterocycles. The van der Waals surface area contributed by atoms with E-state index in [1.807, 2.05) is 24.3 Å². The van der Waals surface area contributed by atoms with Crippen LogP contribution in [0.2, 0.25) is 0 Å². The molecule has 0 bridgehead atoms. The number of phenolic OH excluding ortho intramolecular Hbond substituents is 1. The lowest BCUT2D eigenvalue weighted by molar-refractivity contribution is 0.474. The number of benzene rings is 2. The maximum Gasteiger partial charge on any atom is 0.115 e. The van der Waals surface area contributed by atoms with Crippen molar-refractivity contribution < 1.29 is 5.11 Å². The van der Waals surface area contributed by atoms with Crippen LogP contribution >= 0.6 is 15.9 Å². The largest absolute Gasteiger partial charge is 0.508 e. The van der Waals surface area contributed by atoms with Crippen molar-refractivity contribution in [2.45, 2.75) is 12.3 Å². The van der Waals surface area contributed by atoms with E-state index in [9.17, 15) is 5.11 Å². The molecule has 0 aliphatic carbocycles. The third kappa shape index (κ3) is 3.34. The highest BCUT2D eigenvalue weighted by Gasteiger charge is 2.11. The zero-order valence-electron chi connectivity index (χ0n) is 10.0. The third-order valence-electron chi connectivity index (χ3n) is 3.00. The second kappa shape index (κ2) is 6.03. The standard InChI is InChI=1S/C15H16BrNO/c16-14-5-2-4-12(9-14)13(10-17)7-11-3-1-6-15(18)8-11/h1-6,8-9,13,18H,7,10,17H2. The SMILES string of the molecule is NCC(Cc1cccc(O)c1)c1cccc(Br)c1. The Hall–Kier alpha value is -1.32. The molecular weight excluding hydrogens is 290 g/mol. The minimum absolute atomic E-state index is 0.268. The number of nitrogens with two attached hydrogens (primary N) is 1. The molecule has 0 amide bonds. The first kappa shape index (κ1) is 13.1. The molecule has 2 rings (SSSR count). The molecule has 2 aromatic rings. The van der Waals surface area contributed by atoms with Gasteiger partial charge in [-0.1, -0.05) is 40.2 Å². The summed E-state index contributed by atoms with van der Waals surface area (Å²) in [5.41, 5.74) is 8.18. The lowest BCUT2D eigenvalue weighted by Gasteiger charge is -2.15. The average Bonchev–Trinajstić information content (AvgIpc) is 2.36. The molecule has 2 aromatic carbocycles. The van der Waals surface area contributed by atoms with Crippen molar-refractivity contribution in [2.75, 3.05) is 6.54 Å². The van der Waals surface area contributed by atoms with Gasteiger partial charge in [0.1, 0.15) is 5.75 Å². The smallest absolute Gasteiger partial charge is 0.115 e. The van der Waals surface area contributed by atoms with E-state index in [-0.39, 0.29) is 5.92 Å². The third-order valence-corrected chi connectivity index (χ3v) is 3.49. The molecule has 0 fully saturated rings. The van der Waals surface area contributed by atoms with Crippen molar-refractivity contribution in [3.05, 3.63) is 64.1 Å². The summed E-state index contributed by atoms with van der Waals surface area (Å²) in [5, 5.41) is 9.47. The first-order chi connectivity index (χ1) is 8.69. The summed E-state index contributed by atoms with van der Waals surface area (Å²) < 4.78 is 1.06. The van der Waals surface area contributed by atoms with E-state index < -0.39 is 0 Å². The molecule has 0 aliphatic rings. The Bertz CT molecular complexity index is 527. The van der Waals surface area contributed by atoms with Crippen LogP contribution < -0.4 is 5.73 Å². The van der Waals surface area contributed by atoms with Gasteiger partial charge in [-0.15, -0.1) is 0 Å². The van der Waals surface area contributed by atoms with Crippen LogP contribution in [0, 0.1) is 0 Å². The van der Waals surface area contributed by atoms with Gasteiger partial charge in [0, 0.05) is 10.4 Å². The highest BCUT2D eigenvalue weighted by molar-refractivity contribution is 9.10. The Morgan fingerprint density at radius 3 is 2.56 bits per heavy atom. The number of rotatable bonds is 4. The van der Waals surface area contributed by atoms with Crippen molar-refractivity contribution >= 4 is 15.9 Å². The quantitative estimate of drug-likeness (QED) is 0.909. The van der Waals surface area contributed by atoms with Gasteiger partial charge in [-0.2, -0.15) is 0 Å². The number of hydrogen-bond donors (Lipinski definition) is 2. The Morgan fingerprint density at radius 1 is 1.11 bits per heavy atom. The highest BCUT2D eigenvalue weighted by atomic mass is 79.9. The summed E-state index contributed by atoms with van der Waals surface area (Å²) in [4.78, 5) is 0. The summed E-state index contributed by atoms with van der Waals surface area (Å²) in [6.45, 7) is 0.589. The minimum atomic E-state index is 0.268. The monoisotopic (exact) mass is 305 g/mol. The molecule has 0 saturated heterocycles. The Balaban J connectivity index is 2.19. The number of hydrogen-bond acceptors (Lipinski definition) is 2. The van der Waals surface area contributed by atoms with Crippen LogP contribution in [0.1, 0.15) is 17.0 Å². The van der Waals surface area contributed by atoms with Crippen molar-refractivity contribution in [3.63, 3.8) is 0 Å². The van der Waals surface area contributed by atoms with Gasteiger partial charge in [-0.3, -0.25) is 0 Å². The fourth-order valence-electron chi connectivity index (χ4n) is 2.07. The molecule has 3 heteroatoms. The molecule has 18 heavy (non-hydrogen) atoms. The van der Waals surface area contributed by atoms with E-state index in [1.165, 1.54) is 5.56 Å². The molecule has 0 aliphatic heterocycles. The van der Waals surface area contributed by atoms with E-state index >= 15 is 0 Å². The second-order valence-electron chi connectivity index (χ2n) is 4.36. The van der Waals surface area contributed by atoms with E-state index in [0.29, 0.717) is 12.3 Å². The van der Waals surface area contributed by atoms with Crippen molar-refractivity contribution in [1.82, 2.24) is 0 Å². The molecular formula is C15H16BrNO. The van der Waals surface area contributed by atoms with E-state index in [0.717, 1.165) is 16.5 Å². The second-order valence-corrected chi connectivity index (χ2v) is 5.28. The topological polar surface area (TPSA) is 46.2 Å². The molecule has 1 atom stereocenters. The summed E-state index contributed by atoms with van der Waals surface area (Å²) in [6, 6.07) is 15.6. The zero-order chi connectivity index (χ0) is 13.0. The van der Waals surface area contributed by atoms with Crippen LogP contribution in [0.3, 0.4) is 0 Å². The van der Waals surface area contributed by atoms with E-state index in [4.69, 9.17) is 5.73 Å². The van der Waals surface area contributed by atoms with Crippen LogP contribution in [0.5, 0.6) is 5.75 Å². The Kier molecular flexibility index (Phi) is 4.39. The molecule has 1 unspecified atom stereocenters. The fraction of sp³-hybridized carbons (Fsp3) is 0.200. The van der Waals surface area contributed by atoms with Crippen LogP contribution in [0.4, 0.5) is 0 Å². The lowest BCUT2D eigenvalue weighted by atomic mass is 9.92. The first-order valence-electron chi connectivity index (χ1n) is 5.92. The van der Waals surface area contributed by atoms with Crippen LogP contribution in [-0.4, -0.2) is 11.7 Å². The maximum absolute atomic E-state index is 9.47. The summed E-state index contributed by atoms with van der Waals surface area (Å²) >= 11 is 3.48. The van der Waals surface area contributed by atoms with Crippen LogP contribution in [-0.2, 0) is 6.42 Å². The Morgan fingerprint density at radius 2 is 1.89 bits per heavy atom. The van der Waals surface area contributed by atoms with E-state index in [1.54, 1.807) is 12.1 Å². The summed E-state index contributed by atoms with van der Waals surface area (Å²) in [5.74, 6) is 0.571. The first-order valence-corrected chi connectivity index (χ1v) is 6.72. The Labute approximate surface area is 116 Å². The predicted octanol–water partition coefficient (Wildman–Crippen LogP) is 3.44. The molecule has 0 spiro atoms. The fourth-order valence-corrected chi connectivity index (χ4v) is 2.48. The molecule has 94 valence electrons. The van der Waals surface area contributed by atoms with Gasteiger partial charge < -0.3 is 10.8 Å². The van der Waals surface area contributed by atoms with Gasteiger partial charge in [0.15, 0.2) is 0 Å². The predicted molar refractivity (Wildman–Crippen MR) is 77.7 cm³/mol. The maximum atomic E-state index is 9.47. The average molecular weight is 306 g/mol. The van der Waals surface area contributed by atoms with Gasteiger partial charge in [-0.05, 0) is 48.4 Å². The van der Waals surface area contributed by atoms with Gasteiger partial charge in [0.25, 0.3) is 0 Å². The van der Waals surface area contributed by atoms with Crippen molar-refractivity contribution in [2.24, 2.45) is 5.73 Å². The van der Waals surface area contributed by atoms with Crippen LogP contribution in [0.25, 0.3) is 0 Å². The van der Waals surface area contributed by atoms with Crippen LogP contribution in [0.15, 0.2) is 53.0 Å². The minimum Gasteiger partial charge on any atom is -0.508 e. The van der Waals surface area contributed by atoms with Gasteiger partial charge >= 0.3 is 0 Å². The van der Waals surface area contributed by atoms with Gasteiger partial charge in [-0.25, -0.2) is 0 Å². The van der Waals surface area contributed by atoms with Crippen molar-refractivity contribution in [3.8, 4) is 5.75 Å². The molecule has 0 heterocycles. The molecule has 0 saturated carbocycles. The normalized spacial score (nSPS) is 12.3. The number of aromatic hydroxyl groups is 1. The lowest BCUT2D eigenvalue weighted by Crippen LogP contribution is -2.15. The number of phenols is 1. The van der Waals surface area contributed by atoms with Gasteiger partial charge in [0.05, 0.1) is 0 Å². The zero-order valence-corrected chi connectivity index (χ0v) is 11.6. The number of halogens is 1. The molecule has 2 nitrogen and oxygen atoms in total. The van der Waals surface area contributed by atoms with Gasteiger partial charge in [0.2, 0.25) is 0 Å². The molecule has 3 N–H and O–H groups in total. The summed E-state index contributed by atoms with van der Waals surface area (Å²) in [7, 11) is 0. The highest BCUT2D eigenvalue weighted by Crippen LogP contribution is 2.24. The summed E-state index contributed by atoms with van der Waals surface area (Å²) in [6.07, 6.45) is 0.835. The molecule has 0 radical (unpaired) electrons.